The van der Waals surface area contributed by atoms with Crippen molar-refractivity contribution in [2.45, 2.75) is 12.7 Å². The molecule has 0 aliphatic carbocycles. The SMILES string of the molecule is Cn1ccc(CN(CCBr)CC(F)(F)F)n1. The lowest BCUT2D eigenvalue weighted by molar-refractivity contribution is -0.146. The smallest absolute Gasteiger partial charge is 0.288 e. The molecule has 92 valence electrons. The maximum absolute atomic E-state index is 12.3. The second-order valence-electron chi connectivity index (χ2n) is 3.50. The van der Waals surface area contributed by atoms with Gasteiger partial charge in [-0.05, 0) is 6.07 Å². The summed E-state index contributed by atoms with van der Waals surface area (Å²) in [6.07, 6.45) is -2.45. The summed E-state index contributed by atoms with van der Waals surface area (Å²) >= 11 is 3.14. The zero-order chi connectivity index (χ0) is 12.2. The molecule has 0 spiro atoms. The van der Waals surface area contributed by atoms with Crippen molar-refractivity contribution in [3.05, 3.63) is 18.0 Å². The molecule has 0 bridgehead atoms. The molecule has 0 saturated carbocycles. The summed E-state index contributed by atoms with van der Waals surface area (Å²) in [4.78, 5) is 1.32. The molecule has 0 fully saturated rings. The highest BCUT2D eigenvalue weighted by Gasteiger charge is 2.30. The molecule has 0 unspecified atom stereocenters. The van der Waals surface area contributed by atoms with Crippen molar-refractivity contribution in [3.63, 3.8) is 0 Å². The van der Waals surface area contributed by atoms with Crippen LogP contribution in [-0.2, 0) is 13.6 Å². The van der Waals surface area contributed by atoms with Gasteiger partial charge in [0.15, 0.2) is 0 Å². The highest BCUT2D eigenvalue weighted by atomic mass is 79.9. The maximum Gasteiger partial charge on any atom is 0.401 e. The standard InChI is InChI=1S/C9H13BrF3N3/c1-15-4-2-8(14-15)6-16(5-3-10)7-9(11,12)13/h2,4H,3,5-7H2,1H3. The van der Waals surface area contributed by atoms with Crippen molar-refractivity contribution in [3.8, 4) is 0 Å². The molecule has 1 aromatic rings. The van der Waals surface area contributed by atoms with E-state index >= 15 is 0 Å². The van der Waals surface area contributed by atoms with Gasteiger partial charge in [-0.25, -0.2) is 0 Å². The van der Waals surface area contributed by atoms with Gasteiger partial charge in [0, 0.05) is 31.7 Å². The predicted molar refractivity (Wildman–Crippen MR) is 58.3 cm³/mol. The Morgan fingerprint density at radius 3 is 2.62 bits per heavy atom. The van der Waals surface area contributed by atoms with E-state index in [9.17, 15) is 13.2 Å². The van der Waals surface area contributed by atoms with E-state index in [2.05, 4.69) is 21.0 Å². The summed E-state index contributed by atoms with van der Waals surface area (Å²) in [6.45, 7) is -0.350. The lowest BCUT2D eigenvalue weighted by Gasteiger charge is -2.21. The van der Waals surface area contributed by atoms with Gasteiger partial charge >= 0.3 is 6.18 Å². The van der Waals surface area contributed by atoms with Crippen molar-refractivity contribution in [2.24, 2.45) is 7.05 Å². The van der Waals surface area contributed by atoms with Crippen LogP contribution in [0.3, 0.4) is 0 Å². The first kappa shape index (κ1) is 13.5. The normalized spacial score (nSPS) is 12.4. The zero-order valence-corrected chi connectivity index (χ0v) is 10.4. The third-order valence-corrected chi connectivity index (χ3v) is 2.31. The molecule has 16 heavy (non-hydrogen) atoms. The van der Waals surface area contributed by atoms with Crippen LogP contribution < -0.4 is 0 Å². The molecule has 3 nitrogen and oxygen atoms in total. The molecule has 1 aromatic heterocycles. The monoisotopic (exact) mass is 299 g/mol. The number of hydrogen-bond acceptors (Lipinski definition) is 2. The summed E-state index contributed by atoms with van der Waals surface area (Å²) in [5.74, 6) is 0. The van der Waals surface area contributed by atoms with Crippen molar-refractivity contribution >= 4 is 15.9 Å². The molecule has 1 rings (SSSR count). The number of aromatic nitrogens is 2. The molecular weight excluding hydrogens is 287 g/mol. The number of alkyl halides is 4. The van der Waals surface area contributed by atoms with E-state index in [0.29, 0.717) is 17.6 Å². The molecule has 0 atom stereocenters. The number of hydrogen-bond donors (Lipinski definition) is 0. The van der Waals surface area contributed by atoms with E-state index in [4.69, 9.17) is 0 Å². The quantitative estimate of drug-likeness (QED) is 0.777. The molecule has 0 radical (unpaired) electrons. The van der Waals surface area contributed by atoms with Crippen molar-refractivity contribution < 1.29 is 13.2 Å². The fraction of sp³-hybridized carbons (Fsp3) is 0.667. The summed E-state index contributed by atoms with van der Waals surface area (Å²) < 4.78 is 38.3. The highest BCUT2D eigenvalue weighted by Crippen LogP contribution is 2.17. The average Bonchev–Trinajstić information content (AvgIpc) is 2.48. The molecule has 0 aromatic carbocycles. The van der Waals surface area contributed by atoms with E-state index in [1.54, 1.807) is 24.0 Å². The maximum atomic E-state index is 12.3. The Morgan fingerprint density at radius 2 is 2.19 bits per heavy atom. The summed E-state index contributed by atoms with van der Waals surface area (Å²) in [5.41, 5.74) is 0.646. The minimum absolute atomic E-state index is 0.214. The molecular formula is C9H13BrF3N3. The molecule has 0 N–H and O–H groups in total. The van der Waals surface area contributed by atoms with E-state index in [0.717, 1.165) is 0 Å². The Bertz CT molecular complexity index is 324. The average molecular weight is 300 g/mol. The minimum Gasteiger partial charge on any atom is -0.288 e. The van der Waals surface area contributed by atoms with Crippen LogP contribution in [0.1, 0.15) is 5.69 Å². The Balaban J connectivity index is 2.57. The number of halogens is 4. The van der Waals surface area contributed by atoms with Gasteiger partial charge in [-0.15, -0.1) is 0 Å². The minimum atomic E-state index is -4.17. The van der Waals surface area contributed by atoms with Gasteiger partial charge in [0.05, 0.1) is 12.2 Å². The van der Waals surface area contributed by atoms with Gasteiger partial charge in [0.2, 0.25) is 0 Å². The van der Waals surface area contributed by atoms with E-state index < -0.39 is 12.7 Å². The van der Waals surface area contributed by atoms with Gasteiger partial charge in [0.1, 0.15) is 0 Å². The van der Waals surface area contributed by atoms with Gasteiger partial charge in [-0.2, -0.15) is 18.3 Å². The topological polar surface area (TPSA) is 21.1 Å². The number of aryl methyl sites for hydroxylation is 1. The van der Waals surface area contributed by atoms with E-state index in [1.807, 2.05) is 0 Å². The second-order valence-corrected chi connectivity index (χ2v) is 4.29. The Morgan fingerprint density at radius 1 is 1.50 bits per heavy atom. The van der Waals surface area contributed by atoms with Crippen LogP contribution in [0.2, 0.25) is 0 Å². The first-order valence-corrected chi connectivity index (χ1v) is 5.86. The van der Waals surface area contributed by atoms with Crippen LogP contribution in [-0.4, -0.2) is 39.3 Å². The Labute approximate surface area is 100 Å². The van der Waals surface area contributed by atoms with Crippen LogP contribution >= 0.6 is 15.9 Å². The lowest BCUT2D eigenvalue weighted by atomic mass is 10.3. The highest BCUT2D eigenvalue weighted by molar-refractivity contribution is 9.09. The largest absolute Gasteiger partial charge is 0.401 e. The first-order valence-electron chi connectivity index (χ1n) is 4.74. The van der Waals surface area contributed by atoms with Crippen LogP contribution in [0.5, 0.6) is 0 Å². The summed E-state index contributed by atoms with van der Waals surface area (Å²) in [6, 6.07) is 1.72. The molecule has 7 heteroatoms. The Kier molecular flexibility index (Phi) is 4.79. The number of rotatable bonds is 5. The van der Waals surface area contributed by atoms with Crippen molar-refractivity contribution in [2.75, 3.05) is 18.4 Å². The second kappa shape index (κ2) is 5.67. The molecule has 0 amide bonds. The third-order valence-electron chi connectivity index (χ3n) is 1.96. The summed E-state index contributed by atoms with van der Waals surface area (Å²) in [7, 11) is 1.74. The van der Waals surface area contributed by atoms with Crippen molar-refractivity contribution in [1.29, 1.82) is 0 Å². The van der Waals surface area contributed by atoms with Gasteiger partial charge in [-0.1, -0.05) is 15.9 Å². The van der Waals surface area contributed by atoms with E-state index in [-0.39, 0.29) is 6.54 Å². The summed E-state index contributed by atoms with van der Waals surface area (Å²) in [5, 5.41) is 4.56. The van der Waals surface area contributed by atoms with Crippen LogP contribution in [0.15, 0.2) is 12.3 Å². The van der Waals surface area contributed by atoms with Gasteiger partial charge in [-0.3, -0.25) is 9.58 Å². The van der Waals surface area contributed by atoms with Crippen LogP contribution in [0.25, 0.3) is 0 Å². The van der Waals surface area contributed by atoms with Crippen LogP contribution in [0, 0.1) is 0 Å². The van der Waals surface area contributed by atoms with Crippen molar-refractivity contribution in [1.82, 2.24) is 14.7 Å². The molecule has 0 saturated heterocycles. The first-order chi connectivity index (χ1) is 7.40. The molecule has 0 aliphatic heterocycles. The fourth-order valence-electron chi connectivity index (χ4n) is 1.36. The fourth-order valence-corrected chi connectivity index (χ4v) is 1.87. The predicted octanol–water partition coefficient (Wildman–Crippen LogP) is 2.18. The zero-order valence-electron chi connectivity index (χ0n) is 8.84. The molecule has 1 heterocycles. The van der Waals surface area contributed by atoms with E-state index in [1.165, 1.54) is 4.90 Å². The molecule has 0 aliphatic rings. The lowest BCUT2D eigenvalue weighted by Crippen LogP contribution is -2.35. The van der Waals surface area contributed by atoms with Crippen LogP contribution in [0.4, 0.5) is 13.2 Å². The van der Waals surface area contributed by atoms with Gasteiger partial charge < -0.3 is 0 Å². The Hall–Kier alpha value is -0.560. The third kappa shape index (κ3) is 4.98. The number of nitrogens with zero attached hydrogens (tertiary/aromatic N) is 3. The van der Waals surface area contributed by atoms with Gasteiger partial charge in [0.25, 0.3) is 0 Å².